The number of hydrogen-bond acceptors (Lipinski definition) is 5. The molecule has 0 saturated carbocycles. The Bertz CT molecular complexity index is 473. The summed E-state index contributed by atoms with van der Waals surface area (Å²) in [7, 11) is 1.41. The summed E-state index contributed by atoms with van der Waals surface area (Å²) in [6.07, 6.45) is -0.113. The van der Waals surface area contributed by atoms with Gasteiger partial charge in [0.05, 0.1) is 12.7 Å². The topological polar surface area (TPSA) is 116 Å². The lowest BCUT2D eigenvalue weighted by Crippen LogP contribution is -2.41. The van der Waals surface area contributed by atoms with Gasteiger partial charge >= 0.3 is 5.97 Å². The van der Waals surface area contributed by atoms with Crippen molar-refractivity contribution < 1.29 is 29.6 Å². The molecular weight excluding hydrogens is 254 g/mol. The van der Waals surface area contributed by atoms with Crippen LogP contribution in [-0.2, 0) is 4.79 Å². The summed E-state index contributed by atoms with van der Waals surface area (Å²) >= 11 is 0. The molecule has 0 bridgehead atoms. The molecule has 0 saturated heterocycles. The van der Waals surface area contributed by atoms with Gasteiger partial charge in [-0.15, -0.1) is 0 Å². The molecule has 7 heteroatoms. The van der Waals surface area contributed by atoms with Crippen LogP contribution in [0, 0.1) is 0 Å². The van der Waals surface area contributed by atoms with E-state index in [9.17, 15) is 14.7 Å². The highest BCUT2D eigenvalue weighted by Gasteiger charge is 2.21. The van der Waals surface area contributed by atoms with E-state index < -0.39 is 17.9 Å². The summed E-state index contributed by atoms with van der Waals surface area (Å²) < 4.78 is 4.87. The molecule has 1 aromatic carbocycles. The zero-order valence-corrected chi connectivity index (χ0v) is 10.3. The van der Waals surface area contributed by atoms with Gasteiger partial charge in [0.1, 0.15) is 17.5 Å². The first-order valence-electron chi connectivity index (χ1n) is 5.51. The Morgan fingerprint density at radius 3 is 2.58 bits per heavy atom. The number of phenols is 1. The summed E-state index contributed by atoms with van der Waals surface area (Å²) in [4.78, 5) is 22.6. The van der Waals surface area contributed by atoms with Crippen molar-refractivity contribution in [3.8, 4) is 11.5 Å². The van der Waals surface area contributed by atoms with Crippen molar-refractivity contribution in [2.45, 2.75) is 12.5 Å². The molecule has 0 aliphatic carbocycles. The SMILES string of the molecule is COc1ccc(C(=O)NC(CCO)C(=O)O)c(O)c1. The Labute approximate surface area is 109 Å². The lowest BCUT2D eigenvalue weighted by atomic mass is 10.1. The quantitative estimate of drug-likeness (QED) is 0.576. The number of carbonyl (C=O) groups is 2. The van der Waals surface area contributed by atoms with Gasteiger partial charge in [0.15, 0.2) is 0 Å². The van der Waals surface area contributed by atoms with Crippen LogP contribution in [0.4, 0.5) is 0 Å². The number of amides is 1. The van der Waals surface area contributed by atoms with Crippen LogP contribution in [0.5, 0.6) is 11.5 Å². The number of carboxylic acid groups (broad SMARTS) is 1. The number of aliphatic hydroxyl groups is 1. The highest BCUT2D eigenvalue weighted by Crippen LogP contribution is 2.23. The van der Waals surface area contributed by atoms with Gasteiger partial charge < -0.3 is 25.4 Å². The number of benzene rings is 1. The standard InChI is InChI=1S/C12H15NO6/c1-19-7-2-3-8(10(15)6-7)11(16)13-9(4-5-14)12(17)18/h2-3,6,9,14-15H,4-5H2,1H3,(H,13,16)(H,17,18). The molecule has 1 unspecified atom stereocenters. The van der Waals surface area contributed by atoms with Crippen LogP contribution >= 0.6 is 0 Å². The van der Waals surface area contributed by atoms with Crippen LogP contribution in [0.2, 0.25) is 0 Å². The molecule has 0 aromatic heterocycles. The van der Waals surface area contributed by atoms with E-state index in [1.165, 1.54) is 25.3 Å². The minimum Gasteiger partial charge on any atom is -0.507 e. The fraction of sp³-hybridized carbons (Fsp3) is 0.333. The van der Waals surface area contributed by atoms with Crippen LogP contribution in [0.25, 0.3) is 0 Å². The molecule has 0 fully saturated rings. The normalized spacial score (nSPS) is 11.7. The number of ether oxygens (including phenoxy) is 1. The molecule has 1 atom stereocenters. The molecule has 0 radical (unpaired) electrons. The number of carbonyl (C=O) groups excluding carboxylic acids is 1. The van der Waals surface area contributed by atoms with E-state index in [0.717, 1.165) is 0 Å². The predicted molar refractivity (Wildman–Crippen MR) is 65.3 cm³/mol. The maximum Gasteiger partial charge on any atom is 0.326 e. The molecule has 0 aliphatic rings. The van der Waals surface area contributed by atoms with E-state index in [2.05, 4.69) is 5.32 Å². The third kappa shape index (κ3) is 3.85. The third-order valence-electron chi connectivity index (χ3n) is 2.47. The van der Waals surface area contributed by atoms with Crippen molar-refractivity contribution in [2.24, 2.45) is 0 Å². The summed E-state index contributed by atoms with van der Waals surface area (Å²) in [6, 6.07) is 2.83. The average Bonchev–Trinajstić information content (AvgIpc) is 2.37. The van der Waals surface area contributed by atoms with Gasteiger partial charge in [-0.3, -0.25) is 4.79 Å². The Kier molecular flexibility index (Phi) is 5.13. The first-order chi connectivity index (χ1) is 8.99. The third-order valence-corrected chi connectivity index (χ3v) is 2.47. The molecular formula is C12H15NO6. The molecule has 1 aromatic rings. The van der Waals surface area contributed by atoms with Gasteiger partial charge in [-0.1, -0.05) is 0 Å². The van der Waals surface area contributed by atoms with E-state index in [1.807, 2.05) is 0 Å². The minimum absolute atomic E-state index is 0.0648. The van der Waals surface area contributed by atoms with Gasteiger partial charge in [-0.2, -0.15) is 0 Å². The van der Waals surface area contributed by atoms with Gasteiger partial charge in [0.25, 0.3) is 5.91 Å². The minimum atomic E-state index is -1.25. The molecule has 1 rings (SSSR count). The smallest absolute Gasteiger partial charge is 0.326 e. The zero-order chi connectivity index (χ0) is 14.4. The van der Waals surface area contributed by atoms with Crippen LogP contribution in [-0.4, -0.2) is 47.0 Å². The van der Waals surface area contributed by atoms with Gasteiger partial charge in [-0.25, -0.2) is 4.79 Å². The van der Waals surface area contributed by atoms with E-state index >= 15 is 0 Å². The van der Waals surface area contributed by atoms with Crippen molar-refractivity contribution in [1.29, 1.82) is 0 Å². The number of nitrogens with one attached hydrogen (secondary N) is 1. The van der Waals surface area contributed by atoms with Gasteiger partial charge in [-0.05, 0) is 12.1 Å². The second-order valence-electron chi connectivity index (χ2n) is 3.76. The van der Waals surface area contributed by atoms with Crippen LogP contribution in [0.1, 0.15) is 16.8 Å². The second kappa shape index (κ2) is 6.60. The van der Waals surface area contributed by atoms with Crippen LogP contribution in [0.3, 0.4) is 0 Å². The fourth-order valence-electron chi connectivity index (χ4n) is 1.45. The number of hydrogen-bond donors (Lipinski definition) is 4. The maximum atomic E-state index is 11.8. The van der Waals surface area contributed by atoms with E-state index in [-0.39, 0.29) is 24.3 Å². The number of rotatable bonds is 6. The number of carboxylic acids is 1. The van der Waals surface area contributed by atoms with Gasteiger partial charge in [0.2, 0.25) is 0 Å². The lowest BCUT2D eigenvalue weighted by Gasteiger charge is -2.14. The highest BCUT2D eigenvalue weighted by atomic mass is 16.5. The number of aromatic hydroxyl groups is 1. The Balaban J connectivity index is 2.85. The van der Waals surface area contributed by atoms with Crippen LogP contribution < -0.4 is 10.1 Å². The summed E-state index contributed by atoms with van der Waals surface area (Å²) in [6.45, 7) is -0.369. The van der Waals surface area contributed by atoms with E-state index in [4.69, 9.17) is 14.9 Å². The molecule has 0 aliphatic heterocycles. The predicted octanol–water partition coefficient (Wildman–Crippen LogP) is -0.0338. The van der Waals surface area contributed by atoms with Crippen LogP contribution in [0.15, 0.2) is 18.2 Å². The number of aliphatic carboxylic acids is 1. The zero-order valence-electron chi connectivity index (χ0n) is 10.3. The monoisotopic (exact) mass is 269 g/mol. The van der Waals surface area contributed by atoms with Crippen molar-refractivity contribution in [3.05, 3.63) is 23.8 Å². The number of aliphatic hydroxyl groups excluding tert-OH is 1. The molecule has 7 nitrogen and oxygen atoms in total. The molecule has 0 heterocycles. The van der Waals surface area contributed by atoms with E-state index in [0.29, 0.717) is 5.75 Å². The number of phenolic OH excluding ortho intramolecular Hbond substituents is 1. The molecule has 19 heavy (non-hydrogen) atoms. The summed E-state index contributed by atoms with van der Waals surface area (Å²) in [5.74, 6) is -1.93. The summed E-state index contributed by atoms with van der Waals surface area (Å²) in [5.41, 5.74) is -0.0648. The number of methoxy groups -OCH3 is 1. The molecule has 4 N–H and O–H groups in total. The largest absolute Gasteiger partial charge is 0.507 e. The van der Waals surface area contributed by atoms with Crippen molar-refractivity contribution in [3.63, 3.8) is 0 Å². The van der Waals surface area contributed by atoms with Crippen molar-refractivity contribution in [2.75, 3.05) is 13.7 Å². The van der Waals surface area contributed by atoms with E-state index in [1.54, 1.807) is 0 Å². The lowest BCUT2D eigenvalue weighted by molar-refractivity contribution is -0.139. The van der Waals surface area contributed by atoms with Crippen molar-refractivity contribution >= 4 is 11.9 Å². The fourth-order valence-corrected chi connectivity index (χ4v) is 1.45. The molecule has 1 amide bonds. The average molecular weight is 269 g/mol. The molecule has 0 spiro atoms. The Morgan fingerprint density at radius 2 is 2.11 bits per heavy atom. The Hall–Kier alpha value is -2.28. The van der Waals surface area contributed by atoms with Crippen molar-refractivity contribution in [1.82, 2.24) is 5.32 Å². The Morgan fingerprint density at radius 1 is 1.42 bits per heavy atom. The first kappa shape index (κ1) is 14.8. The summed E-state index contributed by atoms with van der Waals surface area (Å²) in [5, 5.41) is 29.4. The van der Waals surface area contributed by atoms with Gasteiger partial charge in [0, 0.05) is 19.1 Å². The molecule has 104 valence electrons. The first-order valence-corrected chi connectivity index (χ1v) is 5.51. The second-order valence-corrected chi connectivity index (χ2v) is 3.76. The maximum absolute atomic E-state index is 11.8. The highest BCUT2D eigenvalue weighted by molar-refractivity contribution is 5.99.